The third-order valence-corrected chi connectivity index (χ3v) is 6.42. The first-order valence-electron chi connectivity index (χ1n) is 11.1. The summed E-state index contributed by atoms with van der Waals surface area (Å²) in [6, 6.07) is 16.7. The molecule has 0 fully saturated rings. The maximum atomic E-state index is 13.1. The van der Waals surface area contributed by atoms with Crippen molar-refractivity contribution in [3.63, 3.8) is 0 Å². The molecule has 0 radical (unpaired) electrons. The number of rotatable bonds is 6. The average molecular weight is 403 g/mol. The Morgan fingerprint density at radius 3 is 2.53 bits per heavy atom. The van der Waals surface area contributed by atoms with E-state index in [1.165, 1.54) is 48.0 Å². The molecule has 30 heavy (non-hydrogen) atoms. The van der Waals surface area contributed by atoms with E-state index in [4.69, 9.17) is 5.73 Å². The Hall–Kier alpha value is -2.88. The number of hydrogen-bond acceptors (Lipinski definition) is 2. The zero-order chi connectivity index (χ0) is 21.1. The highest BCUT2D eigenvalue weighted by molar-refractivity contribution is 6.04. The van der Waals surface area contributed by atoms with Crippen LogP contribution in [0.2, 0.25) is 0 Å². The lowest BCUT2D eigenvalue weighted by atomic mass is 9.84. The molecule has 0 aromatic heterocycles. The average Bonchev–Trinajstić information content (AvgIpc) is 3.16. The second kappa shape index (κ2) is 8.86. The molecule has 4 rings (SSSR count). The summed E-state index contributed by atoms with van der Waals surface area (Å²) in [5.74, 6) is 0.0792. The van der Waals surface area contributed by atoms with Gasteiger partial charge in [-0.3, -0.25) is 9.59 Å². The van der Waals surface area contributed by atoms with Crippen molar-refractivity contribution >= 4 is 28.6 Å². The molecule has 2 amide bonds. The first-order valence-corrected chi connectivity index (χ1v) is 11.1. The number of benzene rings is 2. The molecule has 0 spiro atoms. The van der Waals surface area contributed by atoms with E-state index in [1.807, 2.05) is 17.0 Å². The minimum Gasteiger partial charge on any atom is -0.370 e. The number of allylic oxidation sites excluding steroid dienone is 2. The molecule has 0 saturated carbocycles. The largest absolute Gasteiger partial charge is 0.370 e. The van der Waals surface area contributed by atoms with Gasteiger partial charge in [-0.1, -0.05) is 62.2 Å². The zero-order valence-electron chi connectivity index (χ0n) is 17.7. The van der Waals surface area contributed by atoms with Crippen molar-refractivity contribution < 1.29 is 9.59 Å². The lowest BCUT2D eigenvalue weighted by Crippen LogP contribution is -2.33. The van der Waals surface area contributed by atoms with Crippen LogP contribution in [0.4, 0.5) is 5.69 Å². The van der Waals surface area contributed by atoms with E-state index in [1.54, 1.807) is 0 Å². The van der Waals surface area contributed by atoms with E-state index in [-0.39, 0.29) is 18.7 Å². The minimum absolute atomic E-state index is 0.0550. The fourth-order valence-corrected chi connectivity index (χ4v) is 4.97. The van der Waals surface area contributed by atoms with Crippen LogP contribution in [0, 0.1) is 5.92 Å². The Balaban J connectivity index is 1.85. The summed E-state index contributed by atoms with van der Waals surface area (Å²) < 4.78 is 0. The van der Waals surface area contributed by atoms with Crippen molar-refractivity contribution in [3.05, 3.63) is 65.2 Å². The molecule has 1 atom stereocenters. The number of unbranched alkanes of at least 4 members (excludes halogenated alkanes) is 1. The van der Waals surface area contributed by atoms with Gasteiger partial charge < -0.3 is 10.6 Å². The first-order chi connectivity index (χ1) is 14.6. The van der Waals surface area contributed by atoms with Crippen molar-refractivity contribution in [1.82, 2.24) is 0 Å². The van der Waals surface area contributed by atoms with E-state index < -0.39 is 5.91 Å². The fourth-order valence-electron chi connectivity index (χ4n) is 4.97. The van der Waals surface area contributed by atoms with Crippen LogP contribution >= 0.6 is 0 Å². The highest BCUT2D eigenvalue weighted by Crippen LogP contribution is 2.50. The Bertz CT molecular complexity index is 992. The van der Waals surface area contributed by atoms with Crippen LogP contribution in [-0.4, -0.2) is 11.8 Å². The summed E-state index contributed by atoms with van der Waals surface area (Å²) in [7, 11) is 0. The third-order valence-electron chi connectivity index (χ3n) is 6.42. The van der Waals surface area contributed by atoms with Gasteiger partial charge >= 0.3 is 0 Å². The van der Waals surface area contributed by atoms with Crippen LogP contribution in [0.15, 0.2) is 48.5 Å². The van der Waals surface area contributed by atoms with E-state index in [9.17, 15) is 9.59 Å². The van der Waals surface area contributed by atoms with Gasteiger partial charge in [0.25, 0.3) is 0 Å². The quantitative estimate of drug-likeness (QED) is 0.712. The third kappa shape index (κ3) is 3.91. The van der Waals surface area contributed by atoms with E-state index >= 15 is 0 Å². The Labute approximate surface area is 178 Å². The molecule has 1 aliphatic carbocycles. The van der Waals surface area contributed by atoms with Crippen molar-refractivity contribution in [3.8, 4) is 0 Å². The number of nitrogens with two attached hydrogens (primary N) is 1. The summed E-state index contributed by atoms with van der Waals surface area (Å²) >= 11 is 0. The molecule has 1 aliphatic heterocycles. The number of fused-ring (bicyclic) bond motifs is 4. The van der Waals surface area contributed by atoms with Gasteiger partial charge in [0.05, 0.1) is 12.2 Å². The summed E-state index contributed by atoms with van der Waals surface area (Å²) in [6.07, 6.45) is 6.08. The standard InChI is InChI=1S/C26H30N2O2/c1-2-3-8-18-13-14-22-21-11-6-7-12-23(21)28(25(30)16-15-24(27)29)17-19-9-4-5-10-20(19)26(18)22/h4-7,9-12,18H,2-3,8,13-17H2,1H3,(H2,27,29). The van der Waals surface area contributed by atoms with Gasteiger partial charge in [0, 0.05) is 18.4 Å². The number of amides is 2. The number of carbonyl (C=O) groups is 2. The van der Waals surface area contributed by atoms with E-state index in [2.05, 4.69) is 43.3 Å². The first kappa shape index (κ1) is 20.4. The molecular formula is C26H30N2O2. The number of carbonyl (C=O) groups excluding carboxylic acids is 2. The number of hydrogen-bond donors (Lipinski definition) is 1. The van der Waals surface area contributed by atoms with Crippen molar-refractivity contribution in [1.29, 1.82) is 0 Å². The van der Waals surface area contributed by atoms with Crippen LogP contribution in [0.3, 0.4) is 0 Å². The van der Waals surface area contributed by atoms with Gasteiger partial charge in [0.2, 0.25) is 11.8 Å². The summed E-state index contributed by atoms with van der Waals surface area (Å²) in [5.41, 5.74) is 12.7. The summed E-state index contributed by atoms with van der Waals surface area (Å²) in [5, 5.41) is 0. The number of anilines is 1. The van der Waals surface area contributed by atoms with Gasteiger partial charge in [-0.2, -0.15) is 0 Å². The van der Waals surface area contributed by atoms with Crippen LogP contribution in [0.25, 0.3) is 11.1 Å². The predicted molar refractivity (Wildman–Crippen MR) is 122 cm³/mol. The summed E-state index contributed by atoms with van der Waals surface area (Å²) in [4.78, 5) is 26.3. The second-order valence-corrected chi connectivity index (χ2v) is 8.39. The normalized spacial score (nSPS) is 17.6. The zero-order valence-corrected chi connectivity index (χ0v) is 17.7. The van der Waals surface area contributed by atoms with Gasteiger partial charge in [0.1, 0.15) is 0 Å². The number of para-hydroxylation sites is 1. The van der Waals surface area contributed by atoms with Crippen LogP contribution in [0.1, 0.15) is 68.6 Å². The second-order valence-electron chi connectivity index (χ2n) is 8.39. The molecule has 2 aliphatic rings. The lowest BCUT2D eigenvalue weighted by molar-refractivity contribution is -0.123. The Morgan fingerprint density at radius 1 is 1.03 bits per heavy atom. The molecule has 0 saturated heterocycles. The Morgan fingerprint density at radius 2 is 1.77 bits per heavy atom. The van der Waals surface area contributed by atoms with E-state index in [0.29, 0.717) is 12.5 Å². The predicted octanol–water partition coefficient (Wildman–Crippen LogP) is 5.31. The van der Waals surface area contributed by atoms with Crippen LogP contribution < -0.4 is 10.6 Å². The Kier molecular flexibility index (Phi) is 6.03. The van der Waals surface area contributed by atoms with Gasteiger partial charge in [-0.05, 0) is 53.5 Å². The molecule has 4 heteroatoms. The monoisotopic (exact) mass is 402 g/mol. The molecular weight excluding hydrogens is 372 g/mol. The van der Waals surface area contributed by atoms with Gasteiger partial charge in [-0.25, -0.2) is 0 Å². The SMILES string of the molecule is CCCCC1CCC2=C1c1ccccc1CN(C(=O)CCC(N)=O)c1ccccc12. The topological polar surface area (TPSA) is 63.4 Å². The maximum absolute atomic E-state index is 13.1. The van der Waals surface area contributed by atoms with Crippen molar-refractivity contribution in [2.24, 2.45) is 11.7 Å². The fraction of sp³-hybridized carbons (Fsp3) is 0.385. The van der Waals surface area contributed by atoms with Crippen molar-refractivity contribution in [2.75, 3.05) is 4.90 Å². The van der Waals surface area contributed by atoms with Crippen LogP contribution in [-0.2, 0) is 16.1 Å². The summed E-state index contributed by atoms with van der Waals surface area (Å²) in [6.45, 7) is 2.77. The van der Waals surface area contributed by atoms with Crippen LogP contribution in [0.5, 0.6) is 0 Å². The molecule has 156 valence electrons. The van der Waals surface area contributed by atoms with Crippen molar-refractivity contribution in [2.45, 2.75) is 58.4 Å². The van der Waals surface area contributed by atoms with E-state index in [0.717, 1.165) is 17.7 Å². The molecule has 0 bridgehead atoms. The minimum atomic E-state index is -0.441. The molecule has 1 heterocycles. The van der Waals surface area contributed by atoms with Gasteiger partial charge in [-0.15, -0.1) is 0 Å². The molecule has 4 nitrogen and oxygen atoms in total. The highest BCUT2D eigenvalue weighted by Gasteiger charge is 2.33. The maximum Gasteiger partial charge on any atom is 0.227 e. The molecule has 2 aromatic carbocycles. The number of nitrogens with zero attached hydrogens (tertiary/aromatic N) is 1. The highest BCUT2D eigenvalue weighted by atomic mass is 16.2. The smallest absolute Gasteiger partial charge is 0.227 e. The molecule has 2 aromatic rings. The molecule has 1 unspecified atom stereocenters. The number of primary amides is 1. The molecule has 2 N–H and O–H groups in total. The lowest BCUT2D eigenvalue weighted by Gasteiger charge is -2.30. The van der Waals surface area contributed by atoms with Gasteiger partial charge in [0.15, 0.2) is 0 Å².